The van der Waals surface area contributed by atoms with Crippen molar-refractivity contribution < 1.29 is 9.53 Å². The largest absolute Gasteiger partial charge is 0.462 e. The Kier molecular flexibility index (Phi) is 2.28. The molecule has 4 aliphatic rings. The number of hydrogen-bond donors (Lipinski definition) is 0. The van der Waals surface area contributed by atoms with Gasteiger partial charge in [-0.1, -0.05) is 6.42 Å². The molecule has 0 heterocycles. The first kappa shape index (κ1) is 10.4. The molecule has 94 valence electrons. The van der Waals surface area contributed by atoms with Crippen molar-refractivity contribution in [3.63, 3.8) is 0 Å². The van der Waals surface area contributed by atoms with Gasteiger partial charge in [-0.05, 0) is 68.6 Å². The lowest BCUT2D eigenvalue weighted by atomic mass is 9.89. The Labute approximate surface area is 103 Å². The van der Waals surface area contributed by atoms with Gasteiger partial charge in [0.2, 0.25) is 0 Å². The van der Waals surface area contributed by atoms with Crippen molar-refractivity contribution in [3.8, 4) is 0 Å². The van der Waals surface area contributed by atoms with Crippen LogP contribution >= 0.6 is 0 Å². The highest BCUT2D eigenvalue weighted by Crippen LogP contribution is 2.50. The highest BCUT2D eigenvalue weighted by atomic mass is 16.5. The number of carbonyl (C=O) groups excluding carboxylic acids is 1. The summed E-state index contributed by atoms with van der Waals surface area (Å²) in [7, 11) is 0. The zero-order valence-electron chi connectivity index (χ0n) is 10.4. The van der Waals surface area contributed by atoms with E-state index in [9.17, 15) is 4.79 Å². The molecule has 0 unspecified atom stereocenters. The van der Waals surface area contributed by atoms with Gasteiger partial charge in [0.25, 0.3) is 0 Å². The van der Waals surface area contributed by atoms with Crippen LogP contribution in [0, 0.1) is 29.6 Å². The van der Waals surface area contributed by atoms with Crippen LogP contribution < -0.4 is 0 Å². The van der Waals surface area contributed by atoms with E-state index in [2.05, 4.69) is 0 Å². The minimum absolute atomic E-state index is 0.162. The molecule has 4 bridgehead atoms. The summed E-state index contributed by atoms with van der Waals surface area (Å²) < 4.78 is 5.84. The van der Waals surface area contributed by atoms with E-state index < -0.39 is 0 Å². The standard InChI is InChI=1S/C15H22O2/c16-15(13-7-9-1-3-11(13)5-9)17-14-8-10-2-4-12(14)6-10/h9-14H,1-8H2/t9-,10-,11-,12-,13+,14-/m1/s1. The van der Waals surface area contributed by atoms with Gasteiger partial charge in [0.15, 0.2) is 0 Å². The number of hydrogen-bond acceptors (Lipinski definition) is 2. The Bertz CT molecular complexity index is 338. The Balaban J connectivity index is 1.38. The van der Waals surface area contributed by atoms with Gasteiger partial charge in [-0.15, -0.1) is 0 Å². The summed E-state index contributed by atoms with van der Waals surface area (Å²) in [6.07, 6.45) is 10.5. The third-order valence-corrected chi connectivity index (χ3v) is 5.98. The van der Waals surface area contributed by atoms with Gasteiger partial charge >= 0.3 is 5.97 Å². The quantitative estimate of drug-likeness (QED) is 0.686. The lowest BCUT2D eigenvalue weighted by molar-refractivity contribution is -0.158. The fraction of sp³-hybridized carbons (Fsp3) is 0.933. The van der Waals surface area contributed by atoms with Crippen molar-refractivity contribution in [2.24, 2.45) is 29.6 Å². The van der Waals surface area contributed by atoms with Gasteiger partial charge in [0, 0.05) is 0 Å². The minimum Gasteiger partial charge on any atom is -0.462 e. The molecule has 4 aliphatic carbocycles. The van der Waals surface area contributed by atoms with E-state index in [1.807, 2.05) is 0 Å². The third-order valence-electron chi connectivity index (χ3n) is 5.98. The van der Waals surface area contributed by atoms with Crippen molar-refractivity contribution in [2.45, 2.75) is 57.5 Å². The lowest BCUT2D eigenvalue weighted by Gasteiger charge is -2.26. The van der Waals surface area contributed by atoms with E-state index in [-0.39, 0.29) is 11.9 Å². The molecule has 0 aromatic carbocycles. The van der Waals surface area contributed by atoms with E-state index >= 15 is 0 Å². The molecule has 0 amide bonds. The second-order valence-corrected chi connectivity index (χ2v) is 6.93. The fourth-order valence-electron chi connectivity index (χ4n) is 5.10. The van der Waals surface area contributed by atoms with Crippen molar-refractivity contribution in [1.29, 1.82) is 0 Å². The number of ether oxygens (including phenoxy) is 1. The molecule has 0 N–H and O–H groups in total. The van der Waals surface area contributed by atoms with Crippen LogP contribution in [0.15, 0.2) is 0 Å². The fourth-order valence-corrected chi connectivity index (χ4v) is 5.10. The molecule has 0 aromatic heterocycles. The highest BCUT2D eigenvalue weighted by Gasteiger charge is 2.47. The molecule has 4 fully saturated rings. The van der Waals surface area contributed by atoms with Crippen LogP contribution in [0.25, 0.3) is 0 Å². The number of rotatable bonds is 2. The summed E-state index contributed by atoms with van der Waals surface area (Å²) in [6.45, 7) is 0. The topological polar surface area (TPSA) is 26.3 Å². The highest BCUT2D eigenvalue weighted by molar-refractivity contribution is 5.73. The number of fused-ring (bicyclic) bond motifs is 4. The van der Waals surface area contributed by atoms with Crippen molar-refractivity contribution in [2.75, 3.05) is 0 Å². The first-order valence-electron chi connectivity index (χ1n) is 7.50. The lowest BCUT2D eigenvalue weighted by Crippen LogP contribution is -2.30. The van der Waals surface area contributed by atoms with E-state index in [4.69, 9.17) is 4.74 Å². The summed E-state index contributed by atoms with van der Waals surface area (Å²) >= 11 is 0. The number of carbonyl (C=O) groups is 1. The maximum Gasteiger partial charge on any atom is 0.309 e. The Morgan fingerprint density at radius 1 is 0.824 bits per heavy atom. The molecule has 0 aliphatic heterocycles. The summed E-state index contributed by atoms with van der Waals surface area (Å²) in [5.41, 5.74) is 0. The summed E-state index contributed by atoms with van der Waals surface area (Å²) in [6, 6.07) is 0. The van der Waals surface area contributed by atoms with E-state index in [1.54, 1.807) is 0 Å². The molecule has 17 heavy (non-hydrogen) atoms. The predicted octanol–water partition coefficient (Wildman–Crippen LogP) is 3.15. The molecular formula is C15H22O2. The molecule has 0 aromatic rings. The average Bonchev–Trinajstić information content (AvgIpc) is 3.08. The Morgan fingerprint density at radius 2 is 1.53 bits per heavy atom. The first-order chi connectivity index (χ1) is 8.29. The SMILES string of the molecule is O=C(O[C@@H]1C[C@@H]2CC[C@@H]1C2)[C@H]1C[C@@H]2CC[C@@H]1C2. The molecule has 0 saturated heterocycles. The second kappa shape index (κ2) is 3.73. The van der Waals surface area contributed by atoms with Crippen LogP contribution in [-0.2, 0) is 9.53 Å². The maximum absolute atomic E-state index is 12.2. The zero-order chi connectivity index (χ0) is 11.4. The van der Waals surface area contributed by atoms with Crippen molar-refractivity contribution >= 4 is 5.97 Å². The van der Waals surface area contributed by atoms with Gasteiger partial charge in [-0.2, -0.15) is 0 Å². The van der Waals surface area contributed by atoms with Crippen LogP contribution in [0.5, 0.6) is 0 Å². The van der Waals surface area contributed by atoms with Crippen molar-refractivity contribution in [3.05, 3.63) is 0 Å². The van der Waals surface area contributed by atoms with Crippen LogP contribution in [0.2, 0.25) is 0 Å². The van der Waals surface area contributed by atoms with E-state index in [0.717, 1.165) is 24.7 Å². The van der Waals surface area contributed by atoms with Crippen molar-refractivity contribution in [1.82, 2.24) is 0 Å². The molecule has 4 saturated carbocycles. The molecule has 2 nitrogen and oxygen atoms in total. The van der Waals surface area contributed by atoms with Crippen LogP contribution in [0.1, 0.15) is 51.4 Å². The Hall–Kier alpha value is -0.530. The summed E-state index contributed by atoms with van der Waals surface area (Å²) in [5.74, 6) is 3.53. The van der Waals surface area contributed by atoms with E-state index in [1.165, 1.54) is 38.5 Å². The smallest absolute Gasteiger partial charge is 0.309 e. The van der Waals surface area contributed by atoms with Crippen LogP contribution in [0.3, 0.4) is 0 Å². The maximum atomic E-state index is 12.2. The first-order valence-corrected chi connectivity index (χ1v) is 7.50. The van der Waals surface area contributed by atoms with Crippen LogP contribution in [0.4, 0.5) is 0 Å². The zero-order valence-corrected chi connectivity index (χ0v) is 10.4. The second-order valence-electron chi connectivity index (χ2n) is 6.93. The molecule has 2 heteroatoms. The van der Waals surface area contributed by atoms with Gasteiger partial charge in [-0.3, -0.25) is 4.79 Å². The molecule has 6 atom stereocenters. The van der Waals surface area contributed by atoms with Gasteiger partial charge < -0.3 is 4.74 Å². The average molecular weight is 234 g/mol. The van der Waals surface area contributed by atoms with Gasteiger partial charge in [0.05, 0.1) is 5.92 Å². The van der Waals surface area contributed by atoms with Crippen LogP contribution in [-0.4, -0.2) is 12.1 Å². The normalized spacial score (nSPS) is 51.1. The van der Waals surface area contributed by atoms with Gasteiger partial charge in [0.1, 0.15) is 6.10 Å². The molecule has 4 rings (SSSR count). The third kappa shape index (κ3) is 1.63. The molecule has 0 radical (unpaired) electrons. The summed E-state index contributed by atoms with van der Waals surface area (Å²) in [4.78, 5) is 12.2. The predicted molar refractivity (Wildman–Crippen MR) is 64.3 cm³/mol. The minimum atomic E-state index is 0.162. The van der Waals surface area contributed by atoms with E-state index in [0.29, 0.717) is 17.9 Å². The molecule has 0 spiro atoms. The number of esters is 1. The monoisotopic (exact) mass is 234 g/mol. The van der Waals surface area contributed by atoms with Gasteiger partial charge in [-0.25, -0.2) is 0 Å². The summed E-state index contributed by atoms with van der Waals surface area (Å²) in [5, 5.41) is 0. The molecular weight excluding hydrogens is 212 g/mol. The Morgan fingerprint density at radius 3 is 2.06 bits per heavy atom.